The molecule has 0 aliphatic heterocycles. The highest BCUT2D eigenvalue weighted by atomic mass is 28.3. The average molecular weight is 224 g/mol. The third kappa shape index (κ3) is 6.41. The molecule has 2 atom stereocenters. The Kier molecular flexibility index (Phi) is 7.24. The summed E-state index contributed by atoms with van der Waals surface area (Å²) in [5.41, 5.74) is 0. The van der Waals surface area contributed by atoms with Gasteiger partial charge in [0.15, 0.2) is 6.10 Å². The van der Waals surface area contributed by atoms with Crippen molar-refractivity contribution in [2.75, 3.05) is 0 Å². The minimum absolute atomic E-state index is 0.0972. The van der Waals surface area contributed by atoms with Gasteiger partial charge in [-0.1, -0.05) is 39.3 Å². The molecule has 0 rings (SSSR count). The predicted octanol–water partition coefficient (Wildman–Crippen LogP) is 3.37. The van der Waals surface area contributed by atoms with E-state index in [-0.39, 0.29) is 6.10 Å². The summed E-state index contributed by atoms with van der Waals surface area (Å²) >= 11 is 0. The van der Waals surface area contributed by atoms with Crippen LogP contribution < -0.4 is 0 Å². The summed E-state index contributed by atoms with van der Waals surface area (Å²) in [6, 6.07) is 0. The third-order valence-corrected chi connectivity index (χ3v) is 3.78. The van der Waals surface area contributed by atoms with Gasteiger partial charge in [-0.05, 0) is 25.3 Å². The Morgan fingerprint density at radius 2 is 2.07 bits per heavy atom. The number of allylic oxidation sites excluding steroid dienone is 1. The van der Waals surface area contributed by atoms with Crippen LogP contribution in [0.2, 0.25) is 13.1 Å². The van der Waals surface area contributed by atoms with Crippen molar-refractivity contribution >= 4 is 8.80 Å². The molecule has 2 heteroatoms. The minimum atomic E-state index is -0.893. The van der Waals surface area contributed by atoms with Crippen molar-refractivity contribution in [2.45, 2.75) is 52.8 Å². The zero-order valence-corrected chi connectivity index (χ0v) is 11.9. The molecule has 0 aromatic rings. The number of hydrogen-bond donors (Lipinski definition) is 0. The first-order chi connectivity index (χ1) is 7.01. The Labute approximate surface area is 96.5 Å². The van der Waals surface area contributed by atoms with E-state index in [1.54, 1.807) is 0 Å². The maximum atomic E-state index is 5.76. The molecule has 0 heterocycles. The van der Waals surface area contributed by atoms with Crippen molar-refractivity contribution in [1.82, 2.24) is 0 Å². The van der Waals surface area contributed by atoms with Gasteiger partial charge in [0.05, 0.1) is 5.38 Å². The molecule has 0 aliphatic rings. The van der Waals surface area contributed by atoms with E-state index in [1.807, 2.05) is 6.92 Å². The lowest BCUT2D eigenvalue weighted by atomic mass is 10.1. The highest BCUT2D eigenvalue weighted by Crippen LogP contribution is 2.14. The molecule has 0 aromatic heterocycles. The van der Waals surface area contributed by atoms with Crippen molar-refractivity contribution in [3.8, 4) is 12.3 Å². The molecular formula is C13H24OSi. The number of ether oxygens (including phenoxy) is 1. The van der Waals surface area contributed by atoms with Gasteiger partial charge in [0, 0.05) is 0 Å². The molecule has 0 saturated carbocycles. The van der Waals surface area contributed by atoms with Gasteiger partial charge < -0.3 is 4.74 Å². The fourth-order valence-corrected chi connectivity index (χ4v) is 2.61. The second kappa shape index (κ2) is 7.59. The molecule has 0 aromatic carbocycles. The molecule has 0 radical (unpaired) electrons. The molecule has 15 heavy (non-hydrogen) atoms. The molecule has 2 unspecified atom stereocenters. The molecule has 0 spiro atoms. The maximum absolute atomic E-state index is 5.76. The highest BCUT2D eigenvalue weighted by Gasteiger charge is 2.10. The van der Waals surface area contributed by atoms with Gasteiger partial charge in [-0.2, -0.15) is 0 Å². The van der Waals surface area contributed by atoms with E-state index in [9.17, 15) is 0 Å². The van der Waals surface area contributed by atoms with Crippen LogP contribution in [0.1, 0.15) is 33.6 Å². The lowest BCUT2D eigenvalue weighted by molar-refractivity contribution is 0.195. The van der Waals surface area contributed by atoms with Crippen LogP contribution in [0.3, 0.4) is 0 Å². The summed E-state index contributed by atoms with van der Waals surface area (Å²) in [6.07, 6.45) is 9.94. The fraction of sp³-hybridized carbons (Fsp3) is 0.692. The van der Waals surface area contributed by atoms with Crippen LogP contribution in [-0.2, 0) is 4.74 Å². The van der Waals surface area contributed by atoms with Crippen LogP contribution in [-0.4, -0.2) is 14.9 Å². The summed E-state index contributed by atoms with van der Waals surface area (Å²) in [4.78, 5) is 0. The van der Waals surface area contributed by atoms with Gasteiger partial charge in [0.25, 0.3) is 0 Å². The van der Waals surface area contributed by atoms with Gasteiger partial charge in [0.1, 0.15) is 8.80 Å². The van der Waals surface area contributed by atoms with E-state index in [0.717, 1.165) is 0 Å². The van der Waals surface area contributed by atoms with Crippen LogP contribution in [0.15, 0.2) is 11.5 Å². The first kappa shape index (κ1) is 14.3. The summed E-state index contributed by atoms with van der Waals surface area (Å²) in [7, 11) is -0.893. The third-order valence-electron chi connectivity index (χ3n) is 2.31. The fourth-order valence-electron chi connectivity index (χ4n) is 1.43. The Hall–Kier alpha value is -0.683. The van der Waals surface area contributed by atoms with Gasteiger partial charge >= 0.3 is 0 Å². The Morgan fingerprint density at radius 3 is 2.47 bits per heavy atom. The summed E-state index contributed by atoms with van der Waals surface area (Å²) in [6.45, 7) is 10.9. The Morgan fingerprint density at radius 1 is 1.47 bits per heavy atom. The van der Waals surface area contributed by atoms with Gasteiger partial charge in [-0.15, -0.1) is 6.42 Å². The first-order valence-electron chi connectivity index (χ1n) is 5.85. The summed E-state index contributed by atoms with van der Waals surface area (Å²) in [5, 5.41) is 1.17. The summed E-state index contributed by atoms with van der Waals surface area (Å²) in [5.74, 6) is 3.22. The van der Waals surface area contributed by atoms with Crippen LogP contribution in [0.4, 0.5) is 0 Å². The topological polar surface area (TPSA) is 9.23 Å². The van der Waals surface area contributed by atoms with Crippen molar-refractivity contribution in [3.63, 3.8) is 0 Å². The molecule has 0 bridgehead atoms. The van der Waals surface area contributed by atoms with E-state index in [0.29, 0.717) is 5.92 Å². The molecule has 86 valence electrons. The Balaban J connectivity index is 4.45. The van der Waals surface area contributed by atoms with Crippen molar-refractivity contribution in [1.29, 1.82) is 0 Å². The monoisotopic (exact) mass is 224 g/mol. The second-order valence-corrected chi connectivity index (χ2v) is 7.29. The molecule has 0 amide bonds. The zero-order valence-electron chi connectivity index (χ0n) is 10.7. The second-order valence-electron chi connectivity index (χ2n) is 4.42. The Bertz CT molecular complexity index is 237. The van der Waals surface area contributed by atoms with E-state index in [2.05, 4.69) is 38.9 Å². The van der Waals surface area contributed by atoms with Crippen LogP contribution in [0.25, 0.3) is 0 Å². The standard InChI is InChI=1S/C13H24OSi/c1-7-9-11(3)10-13(15(5)6)14-12(4)8-2/h2,10-12,15H,7,9H2,1,3-6H3. The molecule has 0 fully saturated rings. The molecule has 0 aliphatic carbocycles. The zero-order chi connectivity index (χ0) is 11.8. The van der Waals surface area contributed by atoms with Gasteiger partial charge in [-0.25, -0.2) is 0 Å². The van der Waals surface area contributed by atoms with E-state index in [1.165, 1.54) is 18.2 Å². The number of terminal acetylenes is 1. The van der Waals surface area contributed by atoms with Crippen molar-refractivity contribution in [2.24, 2.45) is 5.92 Å². The maximum Gasteiger partial charge on any atom is 0.154 e. The SMILES string of the molecule is C#CC(C)OC(=CC(C)CCC)[SiH](C)C. The largest absolute Gasteiger partial charge is 0.488 e. The number of rotatable bonds is 6. The van der Waals surface area contributed by atoms with E-state index in [4.69, 9.17) is 11.2 Å². The van der Waals surface area contributed by atoms with E-state index >= 15 is 0 Å². The molecular weight excluding hydrogens is 200 g/mol. The summed E-state index contributed by atoms with van der Waals surface area (Å²) < 4.78 is 5.76. The molecule has 1 nitrogen and oxygen atoms in total. The van der Waals surface area contributed by atoms with Crippen molar-refractivity contribution < 1.29 is 4.74 Å². The quantitative estimate of drug-likeness (QED) is 0.382. The smallest absolute Gasteiger partial charge is 0.154 e. The number of hydrogen-bond acceptors (Lipinski definition) is 1. The van der Waals surface area contributed by atoms with E-state index < -0.39 is 8.80 Å². The lowest BCUT2D eigenvalue weighted by Crippen LogP contribution is -2.16. The van der Waals surface area contributed by atoms with Crippen LogP contribution in [0, 0.1) is 18.3 Å². The highest BCUT2D eigenvalue weighted by molar-refractivity contribution is 6.63. The van der Waals surface area contributed by atoms with Gasteiger partial charge in [-0.3, -0.25) is 0 Å². The van der Waals surface area contributed by atoms with Crippen molar-refractivity contribution in [3.05, 3.63) is 11.5 Å². The average Bonchev–Trinajstić information content (AvgIpc) is 2.16. The molecule has 0 N–H and O–H groups in total. The minimum Gasteiger partial charge on any atom is -0.488 e. The normalized spacial score (nSPS) is 15.9. The first-order valence-corrected chi connectivity index (χ1v) is 8.74. The van der Waals surface area contributed by atoms with Crippen LogP contribution >= 0.6 is 0 Å². The molecule has 0 saturated heterocycles. The lowest BCUT2D eigenvalue weighted by Gasteiger charge is -2.17. The van der Waals surface area contributed by atoms with Gasteiger partial charge in [0.2, 0.25) is 0 Å². The van der Waals surface area contributed by atoms with Crippen LogP contribution in [0.5, 0.6) is 0 Å². The predicted molar refractivity (Wildman–Crippen MR) is 70.4 cm³/mol.